The summed E-state index contributed by atoms with van der Waals surface area (Å²) in [7, 11) is 0. The first-order valence-electron chi connectivity index (χ1n) is 6.20. The van der Waals surface area contributed by atoms with Gasteiger partial charge in [0.2, 0.25) is 0 Å². The van der Waals surface area contributed by atoms with E-state index in [1.165, 1.54) is 24.0 Å². The predicted octanol–water partition coefficient (Wildman–Crippen LogP) is 2.82. The SMILES string of the molecule is Cc1cccc(C)c1OCCCNC1CC1. The summed E-state index contributed by atoms with van der Waals surface area (Å²) in [4.78, 5) is 0. The molecule has 0 amide bonds. The molecule has 1 fully saturated rings. The van der Waals surface area contributed by atoms with Crippen LogP contribution < -0.4 is 10.1 Å². The van der Waals surface area contributed by atoms with Crippen LogP contribution in [0.3, 0.4) is 0 Å². The van der Waals surface area contributed by atoms with Crippen LogP contribution in [0.2, 0.25) is 0 Å². The van der Waals surface area contributed by atoms with Crippen molar-refractivity contribution in [1.29, 1.82) is 0 Å². The van der Waals surface area contributed by atoms with E-state index in [0.717, 1.165) is 31.4 Å². The van der Waals surface area contributed by atoms with Crippen LogP contribution in [0, 0.1) is 13.8 Å². The molecular weight excluding hydrogens is 198 g/mol. The van der Waals surface area contributed by atoms with Crippen LogP contribution in [-0.4, -0.2) is 19.2 Å². The Kier molecular flexibility index (Phi) is 3.83. The second-order valence-electron chi connectivity index (χ2n) is 4.65. The molecule has 0 aliphatic heterocycles. The lowest BCUT2D eigenvalue weighted by Crippen LogP contribution is -2.19. The highest BCUT2D eigenvalue weighted by Crippen LogP contribution is 2.22. The largest absolute Gasteiger partial charge is 0.493 e. The molecule has 0 heterocycles. The fourth-order valence-electron chi connectivity index (χ4n) is 1.87. The Hall–Kier alpha value is -1.02. The highest BCUT2D eigenvalue weighted by atomic mass is 16.5. The fourth-order valence-corrected chi connectivity index (χ4v) is 1.87. The van der Waals surface area contributed by atoms with Crippen molar-refractivity contribution >= 4 is 0 Å². The number of hydrogen-bond donors (Lipinski definition) is 1. The topological polar surface area (TPSA) is 21.3 Å². The third kappa shape index (κ3) is 3.24. The number of rotatable bonds is 6. The third-order valence-corrected chi connectivity index (χ3v) is 2.99. The van der Waals surface area contributed by atoms with E-state index >= 15 is 0 Å². The molecule has 0 radical (unpaired) electrons. The zero-order valence-electron chi connectivity index (χ0n) is 10.3. The van der Waals surface area contributed by atoms with Crippen molar-refractivity contribution in [3.8, 4) is 5.75 Å². The van der Waals surface area contributed by atoms with Gasteiger partial charge in [0.25, 0.3) is 0 Å². The molecule has 0 spiro atoms. The number of hydrogen-bond acceptors (Lipinski definition) is 2. The Bertz CT molecular complexity index is 324. The average Bonchev–Trinajstić information content (AvgIpc) is 3.05. The summed E-state index contributed by atoms with van der Waals surface area (Å²) in [5.74, 6) is 1.06. The number of benzene rings is 1. The maximum absolute atomic E-state index is 5.83. The number of nitrogens with one attached hydrogen (secondary N) is 1. The van der Waals surface area contributed by atoms with Gasteiger partial charge >= 0.3 is 0 Å². The molecule has 88 valence electrons. The first kappa shape index (κ1) is 11.5. The van der Waals surface area contributed by atoms with Crippen molar-refractivity contribution in [2.24, 2.45) is 0 Å². The number of aryl methyl sites for hydroxylation is 2. The van der Waals surface area contributed by atoms with Crippen LogP contribution in [0.25, 0.3) is 0 Å². The van der Waals surface area contributed by atoms with E-state index in [1.807, 2.05) is 0 Å². The molecule has 16 heavy (non-hydrogen) atoms. The van der Waals surface area contributed by atoms with Gasteiger partial charge in [-0.2, -0.15) is 0 Å². The molecule has 1 aliphatic rings. The van der Waals surface area contributed by atoms with Crippen molar-refractivity contribution in [3.05, 3.63) is 29.3 Å². The minimum atomic E-state index is 0.806. The molecule has 1 saturated carbocycles. The van der Waals surface area contributed by atoms with Gasteiger partial charge in [0.15, 0.2) is 0 Å². The lowest BCUT2D eigenvalue weighted by Gasteiger charge is -2.11. The standard InChI is InChI=1S/C14H21NO/c1-11-5-3-6-12(2)14(11)16-10-4-9-15-13-7-8-13/h3,5-6,13,15H,4,7-10H2,1-2H3. The summed E-state index contributed by atoms with van der Waals surface area (Å²) < 4.78 is 5.83. The van der Waals surface area contributed by atoms with Crippen LogP contribution >= 0.6 is 0 Å². The third-order valence-electron chi connectivity index (χ3n) is 2.99. The maximum Gasteiger partial charge on any atom is 0.125 e. The lowest BCUT2D eigenvalue weighted by atomic mass is 10.1. The molecular formula is C14H21NO. The zero-order valence-corrected chi connectivity index (χ0v) is 10.3. The Labute approximate surface area is 98.0 Å². The minimum absolute atomic E-state index is 0.806. The van der Waals surface area contributed by atoms with Gasteiger partial charge in [-0.25, -0.2) is 0 Å². The van der Waals surface area contributed by atoms with E-state index in [2.05, 4.69) is 37.4 Å². The van der Waals surface area contributed by atoms with E-state index in [4.69, 9.17) is 4.74 Å². The zero-order chi connectivity index (χ0) is 11.4. The van der Waals surface area contributed by atoms with Crippen molar-refractivity contribution < 1.29 is 4.74 Å². The Balaban J connectivity index is 1.71. The van der Waals surface area contributed by atoms with Crippen molar-refractivity contribution in [2.75, 3.05) is 13.2 Å². The van der Waals surface area contributed by atoms with Crippen LogP contribution in [0.15, 0.2) is 18.2 Å². The Morgan fingerprint density at radius 2 is 1.94 bits per heavy atom. The van der Waals surface area contributed by atoms with Gasteiger partial charge in [-0.1, -0.05) is 18.2 Å². The van der Waals surface area contributed by atoms with E-state index in [9.17, 15) is 0 Å². The predicted molar refractivity (Wildman–Crippen MR) is 67.1 cm³/mol. The smallest absolute Gasteiger partial charge is 0.125 e. The van der Waals surface area contributed by atoms with Gasteiger partial charge in [0, 0.05) is 6.04 Å². The number of ether oxygens (including phenoxy) is 1. The Morgan fingerprint density at radius 3 is 2.56 bits per heavy atom. The molecule has 1 N–H and O–H groups in total. The van der Waals surface area contributed by atoms with E-state index in [0.29, 0.717) is 0 Å². The summed E-state index contributed by atoms with van der Waals surface area (Å²) in [5.41, 5.74) is 2.46. The summed E-state index contributed by atoms with van der Waals surface area (Å²) >= 11 is 0. The summed E-state index contributed by atoms with van der Waals surface area (Å²) in [6.45, 7) is 6.09. The highest BCUT2D eigenvalue weighted by Gasteiger charge is 2.19. The van der Waals surface area contributed by atoms with Gasteiger partial charge in [-0.15, -0.1) is 0 Å². The van der Waals surface area contributed by atoms with Gasteiger partial charge in [0.1, 0.15) is 5.75 Å². The van der Waals surface area contributed by atoms with Crippen molar-refractivity contribution in [2.45, 2.75) is 39.2 Å². The van der Waals surface area contributed by atoms with E-state index < -0.39 is 0 Å². The van der Waals surface area contributed by atoms with Gasteiger partial charge < -0.3 is 10.1 Å². The normalized spacial score (nSPS) is 15.1. The molecule has 2 heteroatoms. The van der Waals surface area contributed by atoms with Gasteiger partial charge in [-0.3, -0.25) is 0 Å². The highest BCUT2D eigenvalue weighted by molar-refractivity contribution is 5.39. The molecule has 0 bridgehead atoms. The Morgan fingerprint density at radius 1 is 1.25 bits per heavy atom. The minimum Gasteiger partial charge on any atom is -0.493 e. The molecule has 1 aromatic carbocycles. The maximum atomic E-state index is 5.83. The molecule has 0 unspecified atom stereocenters. The van der Waals surface area contributed by atoms with E-state index in [1.54, 1.807) is 0 Å². The summed E-state index contributed by atoms with van der Waals surface area (Å²) in [6, 6.07) is 7.09. The summed E-state index contributed by atoms with van der Waals surface area (Å²) in [6.07, 6.45) is 3.81. The molecule has 1 aliphatic carbocycles. The molecule has 0 saturated heterocycles. The van der Waals surface area contributed by atoms with Crippen LogP contribution in [0.4, 0.5) is 0 Å². The van der Waals surface area contributed by atoms with Crippen molar-refractivity contribution in [3.63, 3.8) is 0 Å². The fraction of sp³-hybridized carbons (Fsp3) is 0.571. The number of para-hydroxylation sites is 1. The molecule has 1 aromatic rings. The monoisotopic (exact) mass is 219 g/mol. The molecule has 2 rings (SSSR count). The van der Waals surface area contributed by atoms with Crippen LogP contribution in [0.1, 0.15) is 30.4 Å². The molecule has 2 nitrogen and oxygen atoms in total. The first-order valence-corrected chi connectivity index (χ1v) is 6.20. The first-order chi connectivity index (χ1) is 7.77. The second-order valence-corrected chi connectivity index (χ2v) is 4.65. The van der Waals surface area contributed by atoms with Crippen molar-refractivity contribution in [1.82, 2.24) is 5.32 Å². The second kappa shape index (κ2) is 5.35. The van der Waals surface area contributed by atoms with Crippen LogP contribution in [-0.2, 0) is 0 Å². The van der Waals surface area contributed by atoms with Gasteiger partial charge in [-0.05, 0) is 50.8 Å². The lowest BCUT2D eigenvalue weighted by molar-refractivity contribution is 0.304. The van der Waals surface area contributed by atoms with Crippen LogP contribution in [0.5, 0.6) is 5.75 Å². The van der Waals surface area contributed by atoms with E-state index in [-0.39, 0.29) is 0 Å². The van der Waals surface area contributed by atoms with Gasteiger partial charge in [0.05, 0.1) is 6.61 Å². The molecule has 0 aromatic heterocycles. The average molecular weight is 219 g/mol. The molecule has 0 atom stereocenters. The summed E-state index contributed by atoms with van der Waals surface area (Å²) in [5, 5.41) is 3.49. The quantitative estimate of drug-likeness (QED) is 0.743.